The van der Waals surface area contributed by atoms with E-state index in [1.54, 1.807) is 7.05 Å². The predicted octanol–water partition coefficient (Wildman–Crippen LogP) is 5.17. The molecule has 0 unspecified atom stereocenters. The number of halogens is 3. The number of ether oxygens (including phenoxy) is 2. The minimum absolute atomic E-state index is 0.0574. The van der Waals surface area contributed by atoms with Crippen molar-refractivity contribution in [2.75, 3.05) is 13.7 Å². The molecule has 0 aliphatic heterocycles. The molecular weight excluding hydrogens is 467 g/mol. The van der Waals surface area contributed by atoms with E-state index < -0.39 is 41.7 Å². The van der Waals surface area contributed by atoms with E-state index in [1.165, 1.54) is 17.0 Å². The number of carboxylic acids is 1. The van der Waals surface area contributed by atoms with Crippen molar-refractivity contribution >= 4 is 23.9 Å². The highest BCUT2D eigenvalue weighted by molar-refractivity contribution is 6.07. The minimum Gasteiger partial charge on any atom is -0.488 e. The van der Waals surface area contributed by atoms with E-state index >= 15 is 0 Å². The van der Waals surface area contributed by atoms with Gasteiger partial charge in [0, 0.05) is 24.9 Å². The van der Waals surface area contributed by atoms with Crippen LogP contribution >= 0.6 is 0 Å². The first-order chi connectivity index (χ1) is 16.6. The summed E-state index contributed by atoms with van der Waals surface area (Å²) in [5.41, 5.74) is -1.31. The summed E-state index contributed by atoms with van der Waals surface area (Å²) in [7, 11) is 1.65. The highest BCUT2D eigenvalue weighted by Gasteiger charge is 2.38. The molecule has 2 aliphatic rings. The SMILES string of the molecule is CN(C(=O)OC/C=C(/C=N)c1ccc(O[C@H]2CCC[C@H](C(=O)O)C2)c(C(F)(F)F)n1)C1CCCC1. The van der Waals surface area contributed by atoms with Gasteiger partial charge in [-0.25, -0.2) is 9.78 Å². The molecule has 1 heterocycles. The third kappa shape index (κ3) is 6.95. The molecule has 2 atom stereocenters. The van der Waals surface area contributed by atoms with Gasteiger partial charge in [-0.3, -0.25) is 4.79 Å². The summed E-state index contributed by atoms with van der Waals surface area (Å²) in [6.07, 6.45) is 1.66. The quantitative estimate of drug-likeness (QED) is 0.480. The van der Waals surface area contributed by atoms with Crippen LogP contribution in [-0.2, 0) is 15.7 Å². The number of nitrogens with one attached hydrogen (secondary N) is 1. The zero-order chi connectivity index (χ0) is 25.6. The van der Waals surface area contributed by atoms with Gasteiger partial charge in [0.05, 0.1) is 17.7 Å². The monoisotopic (exact) mass is 497 g/mol. The Kier molecular flexibility index (Phi) is 8.74. The molecular formula is C24H30F3N3O5. The van der Waals surface area contributed by atoms with Gasteiger partial charge in [0.1, 0.15) is 6.61 Å². The number of carbonyl (C=O) groups excluding carboxylic acids is 1. The third-order valence-corrected chi connectivity index (χ3v) is 6.52. The van der Waals surface area contributed by atoms with Crippen LogP contribution in [0.25, 0.3) is 5.57 Å². The third-order valence-electron chi connectivity index (χ3n) is 6.52. The Bertz CT molecular complexity index is 960. The molecule has 2 saturated carbocycles. The number of allylic oxidation sites excluding steroid dienone is 1. The predicted molar refractivity (Wildman–Crippen MR) is 121 cm³/mol. The van der Waals surface area contributed by atoms with Crippen molar-refractivity contribution in [1.29, 1.82) is 5.41 Å². The lowest BCUT2D eigenvalue weighted by Crippen LogP contribution is -2.35. The lowest BCUT2D eigenvalue weighted by atomic mass is 9.87. The van der Waals surface area contributed by atoms with E-state index in [0.29, 0.717) is 19.3 Å². The fourth-order valence-electron chi connectivity index (χ4n) is 4.54. The summed E-state index contributed by atoms with van der Waals surface area (Å²) in [4.78, 5) is 28.7. The van der Waals surface area contributed by atoms with Crippen LogP contribution < -0.4 is 4.74 Å². The Labute approximate surface area is 201 Å². The van der Waals surface area contributed by atoms with Gasteiger partial charge in [-0.05, 0) is 56.7 Å². The van der Waals surface area contributed by atoms with Gasteiger partial charge < -0.3 is 24.9 Å². The number of alkyl halides is 3. The first-order valence-electron chi connectivity index (χ1n) is 11.7. The molecule has 0 bridgehead atoms. The van der Waals surface area contributed by atoms with Gasteiger partial charge in [-0.2, -0.15) is 13.2 Å². The average molecular weight is 498 g/mol. The number of rotatable bonds is 8. The molecule has 2 fully saturated rings. The summed E-state index contributed by atoms with van der Waals surface area (Å²) in [6.45, 7) is -0.222. The zero-order valence-corrected chi connectivity index (χ0v) is 19.5. The van der Waals surface area contributed by atoms with Crippen LogP contribution in [-0.4, -0.2) is 59.1 Å². The van der Waals surface area contributed by atoms with Crippen LogP contribution in [0.3, 0.4) is 0 Å². The van der Waals surface area contributed by atoms with Crippen LogP contribution in [0.4, 0.5) is 18.0 Å². The van der Waals surface area contributed by atoms with Gasteiger partial charge >= 0.3 is 18.2 Å². The summed E-state index contributed by atoms with van der Waals surface area (Å²) in [6, 6.07) is 2.55. The van der Waals surface area contributed by atoms with Crippen molar-refractivity contribution in [3.05, 3.63) is 29.6 Å². The van der Waals surface area contributed by atoms with E-state index in [9.17, 15) is 27.9 Å². The number of pyridine rings is 1. The second-order valence-electron chi connectivity index (χ2n) is 8.91. The number of carbonyl (C=O) groups is 2. The van der Waals surface area contributed by atoms with Gasteiger partial charge in [-0.1, -0.05) is 12.8 Å². The Morgan fingerprint density at radius 1 is 1.20 bits per heavy atom. The number of hydrogen-bond acceptors (Lipinski definition) is 6. The Morgan fingerprint density at radius 3 is 2.54 bits per heavy atom. The molecule has 3 rings (SSSR count). The molecule has 35 heavy (non-hydrogen) atoms. The summed E-state index contributed by atoms with van der Waals surface area (Å²) < 4.78 is 52.0. The topological polar surface area (TPSA) is 113 Å². The van der Waals surface area contributed by atoms with E-state index in [2.05, 4.69) is 4.98 Å². The van der Waals surface area contributed by atoms with E-state index in [1.807, 2.05) is 0 Å². The van der Waals surface area contributed by atoms with Gasteiger partial charge in [0.25, 0.3) is 0 Å². The maximum absolute atomic E-state index is 13.8. The summed E-state index contributed by atoms with van der Waals surface area (Å²) >= 11 is 0. The van der Waals surface area contributed by atoms with Crippen LogP contribution in [0.5, 0.6) is 5.75 Å². The second kappa shape index (κ2) is 11.5. The molecule has 8 nitrogen and oxygen atoms in total. The molecule has 11 heteroatoms. The molecule has 0 saturated heterocycles. The van der Waals surface area contributed by atoms with Crippen molar-refractivity contribution in [3.63, 3.8) is 0 Å². The molecule has 0 aromatic carbocycles. The first kappa shape index (κ1) is 26.5. The number of carboxylic acid groups (broad SMARTS) is 1. The standard InChI is InChI=1S/C24H30F3N3O5/c1-30(17-6-2-3-7-17)23(33)34-12-11-16(14-28)19-9-10-20(21(29-19)24(25,26)27)35-18-8-4-5-15(13-18)22(31)32/h9-11,14-15,17-18,28H,2-8,12-13H2,1H3,(H,31,32)/b16-11-,28-14?/t15-,18-/m0/s1. The first-order valence-corrected chi connectivity index (χ1v) is 11.7. The van der Waals surface area contributed by atoms with Gasteiger partial charge in [0.15, 0.2) is 11.4 Å². The smallest absolute Gasteiger partial charge is 0.437 e. The van der Waals surface area contributed by atoms with E-state index in [4.69, 9.17) is 14.9 Å². The summed E-state index contributed by atoms with van der Waals surface area (Å²) in [5.74, 6) is -2.12. The number of aliphatic carboxylic acids is 1. The lowest BCUT2D eigenvalue weighted by molar-refractivity contribution is -0.146. The normalized spacial score (nSPS) is 21.4. The maximum Gasteiger partial charge on any atom is 0.437 e. The number of amides is 1. The molecule has 1 aromatic rings. The van der Waals surface area contributed by atoms with Crippen molar-refractivity contribution in [1.82, 2.24) is 9.88 Å². The van der Waals surface area contributed by atoms with E-state index in [0.717, 1.165) is 38.0 Å². The Morgan fingerprint density at radius 2 is 1.91 bits per heavy atom. The Balaban J connectivity index is 1.72. The molecule has 0 spiro atoms. The largest absolute Gasteiger partial charge is 0.488 e. The van der Waals surface area contributed by atoms with Crippen molar-refractivity contribution in [3.8, 4) is 5.75 Å². The minimum atomic E-state index is -4.82. The molecule has 0 radical (unpaired) electrons. The highest BCUT2D eigenvalue weighted by atomic mass is 19.4. The van der Waals surface area contributed by atoms with Crippen LogP contribution in [0, 0.1) is 11.3 Å². The van der Waals surface area contributed by atoms with Crippen LogP contribution in [0.15, 0.2) is 18.2 Å². The molecule has 192 valence electrons. The fraction of sp³-hybridized carbons (Fsp3) is 0.583. The van der Waals surface area contributed by atoms with Crippen molar-refractivity contribution in [2.45, 2.75) is 69.7 Å². The number of hydrogen-bond donors (Lipinski definition) is 2. The molecule has 2 aliphatic carbocycles. The molecule has 1 aromatic heterocycles. The summed E-state index contributed by atoms with van der Waals surface area (Å²) in [5, 5.41) is 16.8. The molecule has 2 N–H and O–H groups in total. The second-order valence-corrected chi connectivity index (χ2v) is 8.91. The van der Waals surface area contributed by atoms with Crippen LogP contribution in [0.1, 0.15) is 62.8 Å². The van der Waals surface area contributed by atoms with Crippen LogP contribution in [0.2, 0.25) is 0 Å². The number of nitrogens with zero attached hydrogens (tertiary/aromatic N) is 2. The average Bonchev–Trinajstić information content (AvgIpc) is 3.36. The Hall–Kier alpha value is -3.11. The zero-order valence-electron chi connectivity index (χ0n) is 19.5. The molecule has 1 amide bonds. The van der Waals surface area contributed by atoms with E-state index in [-0.39, 0.29) is 30.3 Å². The van der Waals surface area contributed by atoms with Crippen molar-refractivity contribution < 1.29 is 37.3 Å². The van der Waals surface area contributed by atoms with Gasteiger partial charge in [-0.15, -0.1) is 0 Å². The maximum atomic E-state index is 13.8. The fourth-order valence-corrected chi connectivity index (χ4v) is 4.54. The number of aromatic nitrogens is 1. The van der Waals surface area contributed by atoms with Crippen molar-refractivity contribution in [2.24, 2.45) is 5.92 Å². The highest BCUT2D eigenvalue weighted by Crippen LogP contribution is 2.37. The van der Waals surface area contributed by atoms with Gasteiger partial charge in [0.2, 0.25) is 0 Å². The lowest BCUT2D eigenvalue weighted by Gasteiger charge is -2.28.